The van der Waals surface area contributed by atoms with Gasteiger partial charge in [0, 0.05) is 6.54 Å². The molecule has 0 saturated carbocycles. The molecule has 0 aliphatic heterocycles. The molecule has 182 valence electrons. The van der Waals surface area contributed by atoms with Crippen LogP contribution < -0.4 is 16.2 Å². The fraction of sp³-hybridized carbons (Fsp3) is 0.500. The van der Waals surface area contributed by atoms with Crippen molar-refractivity contribution in [3.05, 3.63) is 52.8 Å². The molecule has 6 nitrogen and oxygen atoms in total. The number of nitrogens with one attached hydrogen (secondary N) is 2. The average Bonchev–Trinajstić information content (AvgIpc) is 2.76. The molecule has 0 fully saturated rings. The van der Waals surface area contributed by atoms with Gasteiger partial charge in [-0.3, -0.25) is 14.2 Å². The third-order valence-corrected chi connectivity index (χ3v) is 5.36. The first-order chi connectivity index (χ1) is 15.6. The second-order valence-electron chi connectivity index (χ2n) is 8.35. The van der Waals surface area contributed by atoms with Crippen LogP contribution in [-0.2, 0) is 11.3 Å². The molecule has 33 heavy (non-hydrogen) atoms. The molecule has 2 aromatic rings. The summed E-state index contributed by atoms with van der Waals surface area (Å²) in [5.41, 5.74) is 1.03. The number of aromatic nitrogens is 1. The first-order valence-electron chi connectivity index (χ1n) is 11.1. The lowest BCUT2D eigenvalue weighted by atomic mass is 9.98. The molecule has 0 saturated heterocycles. The van der Waals surface area contributed by atoms with Gasteiger partial charge in [-0.25, -0.2) is 0 Å². The number of halogens is 3. The third-order valence-electron chi connectivity index (χ3n) is 5.36. The third kappa shape index (κ3) is 7.35. The number of benzene rings is 1. The lowest BCUT2D eigenvalue weighted by Gasteiger charge is -2.29. The van der Waals surface area contributed by atoms with Crippen molar-refractivity contribution in [1.29, 1.82) is 0 Å². The standard InChI is InChI=1S/C24H32F3N3O3/c1-4-5-9-14-28-18-12-13-19(17-10-7-6-8-11-17)30(23(18)33)15-20(31)29-21(16(2)3)22(32)24(25,26)27/h6-8,10-13,16,21-22,28,32H,4-5,9,14-15H2,1-3H3,(H,29,31). The van der Waals surface area contributed by atoms with E-state index in [1.165, 1.54) is 18.4 Å². The number of aliphatic hydroxyl groups excluding tert-OH is 1. The molecule has 0 spiro atoms. The summed E-state index contributed by atoms with van der Waals surface area (Å²) in [6.45, 7) is 5.12. The van der Waals surface area contributed by atoms with Crippen LogP contribution in [0.3, 0.4) is 0 Å². The highest BCUT2D eigenvalue weighted by molar-refractivity contribution is 5.77. The molecule has 9 heteroatoms. The van der Waals surface area contributed by atoms with Crippen LogP contribution in [0.5, 0.6) is 0 Å². The fourth-order valence-electron chi connectivity index (χ4n) is 3.52. The smallest absolute Gasteiger partial charge is 0.382 e. The van der Waals surface area contributed by atoms with E-state index < -0.39 is 42.3 Å². The topological polar surface area (TPSA) is 83.4 Å². The summed E-state index contributed by atoms with van der Waals surface area (Å²) in [4.78, 5) is 25.9. The minimum Gasteiger partial charge on any atom is -0.382 e. The number of carbonyl (C=O) groups excluding carboxylic acids is 1. The number of alkyl halides is 3. The van der Waals surface area contributed by atoms with Gasteiger partial charge in [0.15, 0.2) is 6.10 Å². The lowest BCUT2D eigenvalue weighted by molar-refractivity contribution is -0.215. The number of aliphatic hydroxyl groups is 1. The van der Waals surface area contributed by atoms with E-state index in [-0.39, 0.29) is 0 Å². The highest BCUT2D eigenvalue weighted by Crippen LogP contribution is 2.25. The van der Waals surface area contributed by atoms with Crippen molar-refractivity contribution in [3.63, 3.8) is 0 Å². The number of amides is 1. The Hall–Kier alpha value is -2.81. The minimum atomic E-state index is -4.88. The van der Waals surface area contributed by atoms with E-state index in [1.54, 1.807) is 36.4 Å². The Kier molecular flexibility index (Phi) is 9.52. The van der Waals surface area contributed by atoms with Gasteiger partial charge in [0.05, 0.1) is 11.7 Å². The van der Waals surface area contributed by atoms with Gasteiger partial charge >= 0.3 is 6.18 Å². The predicted octanol–water partition coefficient (Wildman–Crippen LogP) is 4.18. The zero-order valence-electron chi connectivity index (χ0n) is 19.2. The number of rotatable bonds is 11. The maximum atomic E-state index is 13.2. The molecule has 0 aliphatic carbocycles. The predicted molar refractivity (Wildman–Crippen MR) is 123 cm³/mol. The monoisotopic (exact) mass is 467 g/mol. The lowest BCUT2D eigenvalue weighted by Crippen LogP contribution is -2.53. The van der Waals surface area contributed by atoms with E-state index in [2.05, 4.69) is 17.6 Å². The quantitative estimate of drug-likeness (QED) is 0.433. The summed E-state index contributed by atoms with van der Waals surface area (Å²) < 4.78 is 40.4. The van der Waals surface area contributed by atoms with E-state index in [9.17, 15) is 27.9 Å². The van der Waals surface area contributed by atoms with Crippen molar-refractivity contribution in [2.45, 2.75) is 64.9 Å². The van der Waals surface area contributed by atoms with Crippen LogP contribution in [0.15, 0.2) is 47.3 Å². The molecule has 2 rings (SSSR count). The van der Waals surface area contributed by atoms with Gasteiger partial charge in [0.25, 0.3) is 5.56 Å². The molecule has 1 amide bonds. The molecule has 1 heterocycles. The Labute approximate surface area is 191 Å². The zero-order chi connectivity index (χ0) is 24.6. The number of unbranched alkanes of at least 4 members (excludes halogenated alkanes) is 2. The van der Waals surface area contributed by atoms with E-state index >= 15 is 0 Å². The van der Waals surface area contributed by atoms with Gasteiger partial charge in [-0.15, -0.1) is 0 Å². The number of anilines is 1. The number of nitrogens with zero attached hydrogens (tertiary/aromatic N) is 1. The van der Waals surface area contributed by atoms with Crippen molar-refractivity contribution in [3.8, 4) is 11.3 Å². The molecule has 0 bridgehead atoms. The van der Waals surface area contributed by atoms with E-state index in [0.717, 1.165) is 19.3 Å². The Bertz CT molecular complexity index is 959. The second-order valence-corrected chi connectivity index (χ2v) is 8.35. The van der Waals surface area contributed by atoms with Crippen molar-refractivity contribution >= 4 is 11.6 Å². The van der Waals surface area contributed by atoms with E-state index in [4.69, 9.17) is 0 Å². The molecule has 1 aromatic heterocycles. The van der Waals surface area contributed by atoms with Crippen molar-refractivity contribution in [2.75, 3.05) is 11.9 Å². The number of carbonyl (C=O) groups is 1. The summed E-state index contributed by atoms with van der Waals surface area (Å²) >= 11 is 0. The summed E-state index contributed by atoms with van der Waals surface area (Å²) in [5, 5.41) is 15.0. The zero-order valence-corrected chi connectivity index (χ0v) is 19.2. The minimum absolute atomic E-state index is 0.314. The maximum absolute atomic E-state index is 13.2. The Morgan fingerprint density at radius 3 is 2.33 bits per heavy atom. The van der Waals surface area contributed by atoms with E-state index in [1.807, 2.05) is 6.07 Å². The highest BCUT2D eigenvalue weighted by atomic mass is 19.4. The first kappa shape index (κ1) is 26.4. The summed E-state index contributed by atoms with van der Waals surface area (Å²) in [7, 11) is 0. The van der Waals surface area contributed by atoms with Gasteiger partial charge in [0.2, 0.25) is 5.91 Å². The van der Waals surface area contributed by atoms with Crippen LogP contribution in [0.2, 0.25) is 0 Å². The summed E-state index contributed by atoms with van der Waals surface area (Å²) in [6.07, 6.45) is -4.68. The van der Waals surface area contributed by atoms with Gasteiger partial charge in [-0.1, -0.05) is 63.9 Å². The van der Waals surface area contributed by atoms with Crippen LogP contribution in [0, 0.1) is 5.92 Å². The van der Waals surface area contributed by atoms with Crippen molar-refractivity contribution in [2.24, 2.45) is 5.92 Å². The molecular formula is C24H32F3N3O3. The van der Waals surface area contributed by atoms with Crippen LogP contribution in [0.4, 0.5) is 18.9 Å². The van der Waals surface area contributed by atoms with Gasteiger partial charge in [-0.05, 0) is 30.0 Å². The average molecular weight is 468 g/mol. The Morgan fingerprint density at radius 2 is 1.76 bits per heavy atom. The number of hydrogen-bond acceptors (Lipinski definition) is 4. The number of hydrogen-bond donors (Lipinski definition) is 3. The fourth-order valence-corrected chi connectivity index (χ4v) is 3.52. The largest absolute Gasteiger partial charge is 0.416 e. The Balaban J connectivity index is 2.35. The Morgan fingerprint density at radius 1 is 1.09 bits per heavy atom. The molecule has 0 aliphatic rings. The van der Waals surface area contributed by atoms with Gasteiger partial charge in [0.1, 0.15) is 12.2 Å². The SMILES string of the molecule is CCCCCNc1ccc(-c2ccccc2)n(CC(=O)NC(C(C)C)C(O)C(F)(F)F)c1=O. The maximum Gasteiger partial charge on any atom is 0.416 e. The molecule has 0 radical (unpaired) electrons. The van der Waals surface area contributed by atoms with Gasteiger partial charge < -0.3 is 15.7 Å². The number of pyridine rings is 1. The molecule has 3 N–H and O–H groups in total. The highest BCUT2D eigenvalue weighted by Gasteiger charge is 2.45. The van der Waals surface area contributed by atoms with Crippen LogP contribution in [0.1, 0.15) is 40.0 Å². The van der Waals surface area contributed by atoms with Crippen molar-refractivity contribution in [1.82, 2.24) is 9.88 Å². The second kappa shape index (κ2) is 11.9. The summed E-state index contributed by atoms with van der Waals surface area (Å²) in [6, 6.07) is 10.8. The van der Waals surface area contributed by atoms with Crippen LogP contribution >= 0.6 is 0 Å². The first-order valence-corrected chi connectivity index (χ1v) is 11.1. The van der Waals surface area contributed by atoms with Crippen molar-refractivity contribution < 1.29 is 23.1 Å². The summed E-state index contributed by atoms with van der Waals surface area (Å²) in [5.74, 6) is -1.47. The molecule has 2 unspecified atom stereocenters. The van der Waals surface area contributed by atoms with Crippen LogP contribution in [0.25, 0.3) is 11.3 Å². The molecular weight excluding hydrogens is 435 g/mol. The molecule has 2 atom stereocenters. The van der Waals surface area contributed by atoms with Crippen LogP contribution in [-0.4, -0.2) is 40.4 Å². The van der Waals surface area contributed by atoms with Gasteiger partial charge in [-0.2, -0.15) is 13.2 Å². The molecule has 1 aromatic carbocycles. The normalized spacial score (nSPS) is 13.6. The van der Waals surface area contributed by atoms with E-state index in [0.29, 0.717) is 23.5 Å².